The average molecular weight is 316 g/mol. The summed E-state index contributed by atoms with van der Waals surface area (Å²) < 4.78 is 5.79. The highest BCUT2D eigenvalue weighted by Gasteiger charge is 1.98. The highest BCUT2D eigenvalue weighted by atomic mass is 127. The van der Waals surface area contributed by atoms with Crippen molar-refractivity contribution in [2.24, 2.45) is 0 Å². The summed E-state index contributed by atoms with van der Waals surface area (Å²) in [7, 11) is 0. The van der Waals surface area contributed by atoms with Crippen LogP contribution in [0.3, 0.4) is 0 Å². The molecule has 0 spiro atoms. The van der Waals surface area contributed by atoms with Crippen molar-refractivity contribution in [3.63, 3.8) is 0 Å². The molecule has 2 N–H and O–H groups in total. The predicted molar refractivity (Wildman–Crippen MR) is 71.5 cm³/mol. The fourth-order valence-corrected chi connectivity index (χ4v) is 1.33. The van der Waals surface area contributed by atoms with Crippen molar-refractivity contribution in [3.8, 4) is 0 Å². The molecule has 1 aromatic carbocycles. The Kier molecular flexibility index (Phi) is 5.17. The third kappa shape index (κ3) is 4.83. The van der Waals surface area contributed by atoms with Crippen LogP contribution in [0, 0.1) is 5.41 Å². The van der Waals surface area contributed by atoms with Gasteiger partial charge in [-0.3, -0.25) is 5.41 Å². The first-order chi connectivity index (χ1) is 7.22. The second-order valence-electron chi connectivity index (χ2n) is 2.78. The summed E-state index contributed by atoms with van der Waals surface area (Å²) in [5.74, 6) is 0.600. The number of para-hydroxylation sites is 1. The van der Waals surface area contributed by atoms with Crippen molar-refractivity contribution in [1.82, 2.24) is 0 Å². The summed E-state index contributed by atoms with van der Waals surface area (Å²) in [6.45, 7) is 2.49. The zero-order chi connectivity index (χ0) is 11.1. The monoisotopic (exact) mass is 316 g/mol. The molecule has 0 unspecified atom stereocenters. The summed E-state index contributed by atoms with van der Waals surface area (Å²) in [4.78, 5) is 0. The van der Waals surface area contributed by atoms with E-state index in [2.05, 4.69) is 5.32 Å². The van der Waals surface area contributed by atoms with Gasteiger partial charge in [-0.25, -0.2) is 0 Å². The standard InChI is InChI=1S/C11H13IN2O/c1-2-15-11(8-10(12)13)14-9-6-4-3-5-7-9/h3-8,13-14H,2H2,1H3/b11-8+,13-10?. The molecule has 3 nitrogen and oxygen atoms in total. The summed E-state index contributed by atoms with van der Waals surface area (Å²) in [6.07, 6.45) is 1.65. The van der Waals surface area contributed by atoms with Crippen molar-refractivity contribution in [2.45, 2.75) is 6.92 Å². The first kappa shape index (κ1) is 12.0. The first-order valence-corrected chi connectivity index (χ1v) is 5.71. The third-order valence-corrected chi connectivity index (χ3v) is 1.91. The number of halogens is 1. The van der Waals surface area contributed by atoms with Crippen LogP contribution in [0.4, 0.5) is 5.69 Å². The smallest absolute Gasteiger partial charge is 0.193 e. The number of allylic oxidation sites excluding steroid dienone is 1. The zero-order valence-corrected chi connectivity index (χ0v) is 10.6. The van der Waals surface area contributed by atoms with Crippen LogP contribution in [0.5, 0.6) is 0 Å². The van der Waals surface area contributed by atoms with Gasteiger partial charge in [0.2, 0.25) is 0 Å². The Hall–Kier alpha value is -1.04. The molecule has 0 aliphatic carbocycles. The largest absolute Gasteiger partial charge is 0.479 e. The molecule has 4 heteroatoms. The Morgan fingerprint density at radius 2 is 2.13 bits per heavy atom. The van der Waals surface area contributed by atoms with E-state index in [1.165, 1.54) is 0 Å². The Morgan fingerprint density at radius 1 is 1.47 bits per heavy atom. The molecule has 0 fully saturated rings. The average Bonchev–Trinajstić information content (AvgIpc) is 2.18. The van der Waals surface area contributed by atoms with Crippen LogP contribution in [-0.4, -0.2) is 10.3 Å². The molecule has 0 aliphatic rings. The fraction of sp³-hybridized carbons (Fsp3) is 0.182. The SMILES string of the molecule is CCO/C(=C/C(=N)I)Nc1ccccc1. The van der Waals surface area contributed by atoms with Gasteiger partial charge in [-0.05, 0) is 41.6 Å². The van der Waals surface area contributed by atoms with Gasteiger partial charge < -0.3 is 10.1 Å². The number of anilines is 1. The predicted octanol–water partition coefficient (Wildman–Crippen LogP) is 3.39. The van der Waals surface area contributed by atoms with Crippen molar-refractivity contribution in [1.29, 1.82) is 5.41 Å². The third-order valence-electron chi connectivity index (χ3n) is 1.60. The maximum absolute atomic E-state index is 7.36. The molecule has 15 heavy (non-hydrogen) atoms. The normalized spacial score (nSPS) is 10.9. The minimum Gasteiger partial charge on any atom is -0.479 e. The van der Waals surface area contributed by atoms with E-state index < -0.39 is 0 Å². The Balaban J connectivity index is 2.71. The van der Waals surface area contributed by atoms with E-state index in [1.807, 2.05) is 59.8 Å². The number of hydrogen-bond donors (Lipinski definition) is 2. The number of nitrogens with one attached hydrogen (secondary N) is 2. The number of ether oxygens (including phenoxy) is 1. The number of rotatable bonds is 5. The molecule has 1 rings (SSSR count). The van der Waals surface area contributed by atoms with Crippen LogP contribution < -0.4 is 5.32 Å². The van der Waals surface area contributed by atoms with Gasteiger partial charge in [0.1, 0.15) is 0 Å². The zero-order valence-electron chi connectivity index (χ0n) is 8.46. The van der Waals surface area contributed by atoms with Gasteiger partial charge in [0.15, 0.2) is 5.88 Å². The van der Waals surface area contributed by atoms with E-state index in [-0.39, 0.29) is 0 Å². The second-order valence-corrected chi connectivity index (χ2v) is 3.94. The van der Waals surface area contributed by atoms with E-state index in [4.69, 9.17) is 10.1 Å². The van der Waals surface area contributed by atoms with Crippen LogP contribution in [0.2, 0.25) is 0 Å². The highest BCUT2D eigenvalue weighted by molar-refractivity contribution is 14.1. The van der Waals surface area contributed by atoms with Gasteiger partial charge in [-0.1, -0.05) is 18.2 Å². The van der Waals surface area contributed by atoms with Gasteiger partial charge in [0.25, 0.3) is 0 Å². The highest BCUT2D eigenvalue weighted by Crippen LogP contribution is 2.10. The molecule has 1 aromatic rings. The maximum Gasteiger partial charge on any atom is 0.193 e. The topological polar surface area (TPSA) is 45.1 Å². The van der Waals surface area contributed by atoms with Gasteiger partial charge in [0.05, 0.1) is 10.3 Å². The molecule has 0 aliphatic heterocycles. The summed E-state index contributed by atoms with van der Waals surface area (Å²) in [6, 6.07) is 9.74. The van der Waals surface area contributed by atoms with E-state index in [0.29, 0.717) is 16.2 Å². The Bertz CT molecular complexity index is 349. The quantitative estimate of drug-likeness (QED) is 0.497. The van der Waals surface area contributed by atoms with E-state index in [9.17, 15) is 0 Å². The van der Waals surface area contributed by atoms with Crippen molar-refractivity contribution in [3.05, 3.63) is 42.3 Å². The molecule has 0 saturated heterocycles. The van der Waals surface area contributed by atoms with E-state index >= 15 is 0 Å². The summed E-state index contributed by atoms with van der Waals surface area (Å²) >= 11 is 1.93. The molecule has 80 valence electrons. The molecule has 0 aromatic heterocycles. The molecule has 0 atom stereocenters. The van der Waals surface area contributed by atoms with Gasteiger partial charge in [-0.2, -0.15) is 0 Å². The van der Waals surface area contributed by atoms with Crippen molar-refractivity contribution >= 4 is 32.0 Å². The van der Waals surface area contributed by atoms with Crippen LogP contribution in [-0.2, 0) is 4.74 Å². The van der Waals surface area contributed by atoms with E-state index in [1.54, 1.807) is 6.08 Å². The molecular formula is C11H13IN2O. The van der Waals surface area contributed by atoms with Gasteiger partial charge >= 0.3 is 0 Å². The minimum absolute atomic E-state index is 0.430. The number of benzene rings is 1. The second kappa shape index (κ2) is 6.44. The molecular weight excluding hydrogens is 303 g/mol. The van der Waals surface area contributed by atoms with Crippen molar-refractivity contribution < 1.29 is 4.74 Å². The summed E-state index contributed by atoms with van der Waals surface area (Å²) in [5.41, 5.74) is 0.954. The van der Waals surface area contributed by atoms with Crippen LogP contribution in [0.25, 0.3) is 0 Å². The lowest BCUT2D eigenvalue weighted by molar-refractivity contribution is 0.235. The molecule has 0 amide bonds. The van der Waals surface area contributed by atoms with Gasteiger partial charge in [0, 0.05) is 11.8 Å². The first-order valence-electron chi connectivity index (χ1n) is 4.63. The lowest BCUT2D eigenvalue weighted by atomic mass is 10.3. The van der Waals surface area contributed by atoms with Crippen LogP contribution in [0.15, 0.2) is 42.3 Å². The summed E-state index contributed by atoms with van der Waals surface area (Å²) in [5, 5.41) is 10.5. The lowest BCUT2D eigenvalue weighted by Crippen LogP contribution is -2.05. The molecule has 0 radical (unpaired) electrons. The maximum atomic E-state index is 7.36. The Labute approximate surface area is 103 Å². The molecule has 0 bridgehead atoms. The molecule has 0 saturated carbocycles. The van der Waals surface area contributed by atoms with Crippen molar-refractivity contribution in [2.75, 3.05) is 11.9 Å². The van der Waals surface area contributed by atoms with E-state index in [0.717, 1.165) is 5.69 Å². The number of hydrogen-bond acceptors (Lipinski definition) is 3. The minimum atomic E-state index is 0.430. The van der Waals surface area contributed by atoms with Gasteiger partial charge in [-0.15, -0.1) is 0 Å². The fourth-order valence-electron chi connectivity index (χ4n) is 1.05. The lowest BCUT2D eigenvalue weighted by Gasteiger charge is -2.10. The Morgan fingerprint density at radius 3 is 2.67 bits per heavy atom. The van der Waals surface area contributed by atoms with Crippen LogP contribution in [0.1, 0.15) is 6.92 Å². The van der Waals surface area contributed by atoms with Crippen LogP contribution >= 0.6 is 22.6 Å². The molecule has 0 heterocycles.